The second-order valence-corrected chi connectivity index (χ2v) is 4.58. The number of aryl methyl sites for hydroxylation is 1. The summed E-state index contributed by atoms with van der Waals surface area (Å²) in [5.41, 5.74) is 5.15. The molecule has 0 atom stereocenters. The maximum Gasteiger partial charge on any atom is 0.131 e. The van der Waals surface area contributed by atoms with Crippen LogP contribution in [0.1, 0.15) is 16.8 Å². The lowest BCUT2D eigenvalue weighted by molar-refractivity contribution is 0.296. The smallest absolute Gasteiger partial charge is 0.131 e. The van der Waals surface area contributed by atoms with Gasteiger partial charge in [-0.2, -0.15) is 0 Å². The predicted molar refractivity (Wildman–Crippen MR) is 70.4 cm³/mol. The molecule has 0 radical (unpaired) electrons. The van der Waals surface area contributed by atoms with Gasteiger partial charge in [0.15, 0.2) is 0 Å². The number of para-hydroxylation sites is 1. The van der Waals surface area contributed by atoms with Crippen molar-refractivity contribution in [1.82, 2.24) is 10.3 Å². The van der Waals surface area contributed by atoms with E-state index in [1.807, 2.05) is 17.9 Å². The average Bonchev–Trinajstić information content (AvgIpc) is 2.82. The monoisotopic (exact) mass is 248 g/mol. The summed E-state index contributed by atoms with van der Waals surface area (Å²) in [5.74, 6) is 0.967. The molecule has 3 nitrogen and oxygen atoms in total. The van der Waals surface area contributed by atoms with E-state index in [1.165, 1.54) is 5.56 Å². The fraction of sp³-hybridized carbons (Fsp3) is 0.308. The summed E-state index contributed by atoms with van der Waals surface area (Å²) in [4.78, 5) is 4.21. The van der Waals surface area contributed by atoms with Crippen LogP contribution in [0.15, 0.2) is 29.1 Å². The van der Waals surface area contributed by atoms with Crippen molar-refractivity contribution in [2.45, 2.75) is 20.1 Å². The van der Waals surface area contributed by atoms with Gasteiger partial charge in [-0.1, -0.05) is 18.2 Å². The summed E-state index contributed by atoms with van der Waals surface area (Å²) >= 11 is 1.59. The average molecular weight is 248 g/mol. The SMILES string of the molecule is CNCc1cccc(C)c1OCc1cscn1. The van der Waals surface area contributed by atoms with Crippen molar-refractivity contribution >= 4 is 11.3 Å². The van der Waals surface area contributed by atoms with E-state index in [2.05, 4.69) is 35.4 Å². The molecule has 0 bridgehead atoms. The summed E-state index contributed by atoms with van der Waals surface area (Å²) in [6.45, 7) is 3.41. The van der Waals surface area contributed by atoms with Gasteiger partial charge in [0.05, 0.1) is 11.2 Å². The molecule has 1 aromatic heterocycles. The Morgan fingerprint density at radius 2 is 2.29 bits per heavy atom. The second kappa shape index (κ2) is 5.80. The largest absolute Gasteiger partial charge is 0.487 e. The molecule has 0 saturated heterocycles. The van der Waals surface area contributed by atoms with Gasteiger partial charge >= 0.3 is 0 Å². The molecule has 0 amide bonds. The van der Waals surface area contributed by atoms with Crippen LogP contribution in [-0.2, 0) is 13.2 Å². The molecule has 2 rings (SSSR count). The first-order valence-electron chi connectivity index (χ1n) is 5.54. The van der Waals surface area contributed by atoms with Crippen LogP contribution in [0.3, 0.4) is 0 Å². The molecule has 1 N–H and O–H groups in total. The van der Waals surface area contributed by atoms with Crippen LogP contribution in [0.2, 0.25) is 0 Å². The van der Waals surface area contributed by atoms with Gasteiger partial charge in [0.25, 0.3) is 0 Å². The molecular formula is C13H16N2OS. The number of hydrogen-bond acceptors (Lipinski definition) is 4. The third-order valence-electron chi connectivity index (χ3n) is 2.51. The van der Waals surface area contributed by atoms with Crippen LogP contribution in [0.5, 0.6) is 5.75 Å². The Bertz CT molecular complexity index is 468. The molecule has 1 heterocycles. The molecule has 90 valence electrons. The molecule has 0 unspecified atom stereocenters. The van der Waals surface area contributed by atoms with Crippen LogP contribution in [-0.4, -0.2) is 12.0 Å². The van der Waals surface area contributed by atoms with Gasteiger partial charge in [0.1, 0.15) is 12.4 Å². The Labute approximate surface area is 105 Å². The van der Waals surface area contributed by atoms with Gasteiger partial charge in [-0.15, -0.1) is 11.3 Å². The Hall–Kier alpha value is -1.39. The van der Waals surface area contributed by atoms with Crippen LogP contribution in [0.25, 0.3) is 0 Å². The van der Waals surface area contributed by atoms with Gasteiger partial charge in [-0.05, 0) is 19.5 Å². The summed E-state index contributed by atoms with van der Waals surface area (Å²) in [7, 11) is 1.94. The molecule has 17 heavy (non-hydrogen) atoms. The van der Waals surface area contributed by atoms with E-state index >= 15 is 0 Å². The molecule has 4 heteroatoms. The molecule has 1 aromatic carbocycles. The third kappa shape index (κ3) is 3.05. The summed E-state index contributed by atoms with van der Waals surface area (Å²) in [6.07, 6.45) is 0. The van der Waals surface area contributed by atoms with E-state index in [9.17, 15) is 0 Å². The first-order valence-corrected chi connectivity index (χ1v) is 6.48. The van der Waals surface area contributed by atoms with Gasteiger partial charge in [-0.3, -0.25) is 0 Å². The fourth-order valence-corrected chi connectivity index (χ4v) is 2.25. The molecule has 0 spiro atoms. The normalized spacial score (nSPS) is 10.5. The van der Waals surface area contributed by atoms with Crippen LogP contribution in [0, 0.1) is 6.92 Å². The second-order valence-electron chi connectivity index (χ2n) is 3.86. The maximum atomic E-state index is 5.87. The zero-order valence-electron chi connectivity index (χ0n) is 10.1. The zero-order chi connectivity index (χ0) is 12.1. The zero-order valence-corrected chi connectivity index (χ0v) is 10.9. The number of nitrogens with one attached hydrogen (secondary N) is 1. The topological polar surface area (TPSA) is 34.1 Å². The highest BCUT2D eigenvalue weighted by molar-refractivity contribution is 7.07. The fourth-order valence-electron chi connectivity index (χ4n) is 1.70. The van der Waals surface area contributed by atoms with E-state index in [0.29, 0.717) is 6.61 Å². The lowest BCUT2D eigenvalue weighted by Gasteiger charge is -2.13. The van der Waals surface area contributed by atoms with E-state index < -0.39 is 0 Å². The number of rotatable bonds is 5. The maximum absolute atomic E-state index is 5.87. The number of aromatic nitrogens is 1. The summed E-state index contributed by atoms with van der Waals surface area (Å²) in [6, 6.07) is 6.20. The van der Waals surface area contributed by atoms with Crippen LogP contribution < -0.4 is 10.1 Å². The van der Waals surface area contributed by atoms with Crippen molar-refractivity contribution in [1.29, 1.82) is 0 Å². The van der Waals surface area contributed by atoms with E-state index in [4.69, 9.17) is 4.74 Å². The van der Waals surface area contributed by atoms with Gasteiger partial charge < -0.3 is 10.1 Å². The van der Waals surface area contributed by atoms with E-state index in [0.717, 1.165) is 23.6 Å². The highest BCUT2D eigenvalue weighted by Crippen LogP contribution is 2.24. The number of thiazole rings is 1. The third-order valence-corrected chi connectivity index (χ3v) is 3.14. The van der Waals surface area contributed by atoms with Crippen molar-refractivity contribution in [3.8, 4) is 5.75 Å². The Kier molecular flexibility index (Phi) is 4.12. The molecule has 0 aliphatic carbocycles. The van der Waals surface area contributed by atoms with Crippen LogP contribution >= 0.6 is 11.3 Å². The number of benzene rings is 1. The quantitative estimate of drug-likeness (QED) is 0.883. The standard InChI is InChI=1S/C13H16N2OS/c1-10-4-3-5-11(6-14-2)13(10)16-7-12-8-17-9-15-12/h3-5,8-9,14H,6-7H2,1-2H3. The van der Waals surface area contributed by atoms with Crippen molar-refractivity contribution in [2.24, 2.45) is 0 Å². The summed E-state index contributed by atoms with van der Waals surface area (Å²) in [5, 5.41) is 5.16. The van der Waals surface area contributed by atoms with Gasteiger partial charge in [-0.25, -0.2) is 4.98 Å². The molecular weight excluding hydrogens is 232 g/mol. The number of hydrogen-bond donors (Lipinski definition) is 1. The first kappa shape index (κ1) is 12.1. The minimum absolute atomic E-state index is 0.533. The number of ether oxygens (including phenoxy) is 1. The van der Waals surface area contributed by atoms with Gasteiger partial charge in [0, 0.05) is 17.5 Å². The molecule has 0 fully saturated rings. The first-order chi connectivity index (χ1) is 8.31. The van der Waals surface area contributed by atoms with Crippen molar-refractivity contribution in [2.75, 3.05) is 7.05 Å². The lowest BCUT2D eigenvalue weighted by Crippen LogP contribution is -2.08. The summed E-state index contributed by atoms with van der Waals surface area (Å²) < 4.78 is 5.87. The Balaban J connectivity index is 2.13. The van der Waals surface area contributed by atoms with Crippen molar-refractivity contribution in [3.05, 3.63) is 45.9 Å². The Morgan fingerprint density at radius 3 is 3.00 bits per heavy atom. The predicted octanol–water partition coefficient (Wildman–Crippen LogP) is 2.75. The highest BCUT2D eigenvalue weighted by Gasteiger charge is 2.07. The van der Waals surface area contributed by atoms with E-state index in [1.54, 1.807) is 11.3 Å². The molecule has 2 aromatic rings. The molecule has 0 saturated carbocycles. The minimum Gasteiger partial charge on any atom is -0.487 e. The minimum atomic E-state index is 0.533. The molecule has 0 aliphatic heterocycles. The Morgan fingerprint density at radius 1 is 1.41 bits per heavy atom. The number of nitrogens with zero attached hydrogens (tertiary/aromatic N) is 1. The lowest BCUT2D eigenvalue weighted by atomic mass is 10.1. The van der Waals surface area contributed by atoms with E-state index in [-0.39, 0.29) is 0 Å². The van der Waals surface area contributed by atoms with Crippen LogP contribution in [0.4, 0.5) is 0 Å². The highest BCUT2D eigenvalue weighted by atomic mass is 32.1. The van der Waals surface area contributed by atoms with Crippen molar-refractivity contribution in [3.63, 3.8) is 0 Å². The van der Waals surface area contributed by atoms with Gasteiger partial charge in [0.2, 0.25) is 0 Å². The van der Waals surface area contributed by atoms with Crippen molar-refractivity contribution < 1.29 is 4.74 Å². The molecule has 0 aliphatic rings.